The molecule has 1 rings (SSSR count). The van der Waals surface area contributed by atoms with Crippen LogP contribution in [0.15, 0.2) is 34.1 Å². The molecule has 1 aromatic carbocycles. The molecule has 0 atom stereocenters. The summed E-state index contributed by atoms with van der Waals surface area (Å²) < 4.78 is 54.4. The summed E-state index contributed by atoms with van der Waals surface area (Å²) in [5.41, 5.74) is 0. The van der Waals surface area contributed by atoms with Crippen molar-refractivity contribution in [3.8, 4) is 0 Å². The highest BCUT2D eigenvalue weighted by Gasteiger charge is 2.16. The number of nitrogens with one attached hydrogen (secondary N) is 1. The first-order valence-electron chi connectivity index (χ1n) is 6.83. The zero-order valence-corrected chi connectivity index (χ0v) is 14.3. The van der Waals surface area contributed by atoms with E-state index in [1.54, 1.807) is 0 Å². The molecule has 3 N–H and O–H groups in total. The number of rotatable bonds is 9. The van der Waals surface area contributed by atoms with E-state index in [2.05, 4.69) is 4.72 Å². The van der Waals surface area contributed by atoms with Crippen molar-refractivity contribution in [1.82, 2.24) is 4.72 Å². The highest BCUT2D eigenvalue weighted by atomic mass is 32.2. The monoisotopic (exact) mass is 350 g/mol. The Hall–Kier alpha value is -1.00. The van der Waals surface area contributed by atoms with Crippen molar-refractivity contribution in [2.45, 2.75) is 30.1 Å². The van der Waals surface area contributed by atoms with Gasteiger partial charge in [-0.1, -0.05) is 19.9 Å². The molecule has 0 fully saturated rings. The van der Waals surface area contributed by atoms with Crippen molar-refractivity contribution in [1.29, 1.82) is 0 Å². The molecule has 0 amide bonds. The Bertz CT molecular complexity index is 684. The van der Waals surface area contributed by atoms with Gasteiger partial charge < -0.3 is 4.74 Å². The number of nitrogens with two attached hydrogens (primary N) is 1. The molecule has 0 unspecified atom stereocenters. The van der Waals surface area contributed by atoms with Gasteiger partial charge >= 0.3 is 0 Å². The largest absolute Gasteiger partial charge is 0.381 e. The van der Waals surface area contributed by atoms with Gasteiger partial charge in [0, 0.05) is 19.8 Å². The highest BCUT2D eigenvalue weighted by Crippen LogP contribution is 2.14. The number of hydrogen-bond donors (Lipinski definition) is 2. The summed E-state index contributed by atoms with van der Waals surface area (Å²) in [5.74, 6) is 0.428. The fourth-order valence-electron chi connectivity index (χ4n) is 1.60. The Kier molecular flexibility index (Phi) is 6.95. The molecule has 0 spiro atoms. The summed E-state index contributed by atoms with van der Waals surface area (Å²) in [7, 11) is -7.71. The lowest BCUT2D eigenvalue weighted by Crippen LogP contribution is -2.26. The van der Waals surface area contributed by atoms with Crippen LogP contribution in [0.5, 0.6) is 0 Å². The normalized spacial score (nSPS) is 12.7. The second kappa shape index (κ2) is 8.02. The average Bonchev–Trinajstić information content (AvgIpc) is 2.41. The smallest absolute Gasteiger partial charge is 0.240 e. The average molecular weight is 350 g/mol. The van der Waals surface area contributed by atoms with E-state index >= 15 is 0 Å². The van der Waals surface area contributed by atoms with Gasteiger partial charge in [0.25, 0.3) is 0 Å². The number of primary sulfonamides is 1. The van der Waals surface area contributed by atoms with Gasteiger partial charge in [-0.2, -0.15) is 0 Å². The first-order valence-corrected chi connectivity index (χ1v) is 9.86. The van der Waals surface area contributed by atoms with Crippen LogP contribution in [0.3, 0.4) is 0 Å². The summed E-state index contributed by atoms with van der Waals surface area (Å²) in [6.45, 7) is 5.35. The Morgan fingerprint density at radius 1 is 1.18 bits per heavy atom. The van der Waals surface area contributed by atoms with Crippen LogP contribution in [0.1, 0.15) is 20.3 Å². The lowest BCUT2D eigenvalue weighted by atomic mass is 10.2. The van der Waals surface area contributed by atoms with Gasteiger partial charge in [-0.05, 0) is 30.5 Å². The van der Waals surface area contributed by atoms with E-state index in [9.17, 15) is 16.8 Å². The van der Waals surface area contributed by atoms with Crippen LogP contribution in [0.2, 0.25) is 0 Å². The SMILES string of the molecule is CC(C)COCCCNS(=O)(=O)c1cccc(S(N)(=O)=O)c1. The lowest BCUT2D eigenvalue weighted by Gasteiger charge is -2.09. The van der Waals surface area contributed by atoms with Crippen molar-refractivity contribution in [2.24, 2.45) is 11.1 Å². The summed E-state index contributed by atoms with van der Waals surface area (Å²) in [5, 5.41) is 4.99. The number of ether oxygens (including phenoxy) is 1. The van der Waals surface area contributed by atoms with E-state index in [1.807, 2.05) is 13.8 Å². The molecule has 0 aliphatic rings. The van der Waals surface area contributed by atoms with Crippen molar-refractivity contribution in [3.63, 3.8) is 0 Å². The molecule has 7 nitrogen and oxygen atoms in total. The molecule has 9 heteroatoms. The van der Waals surface area contributed by atoms with E-state index in [1.165, 1.54) is 18.2 Å². The van der Waals surface area contributed by atoms with Crippen LogP contribution in [0.25, 0.3) is 0 Å². The molecular weight excluding hydrogens is 328 g/mol. The minimum atomic E-state index is -3.94. The maximum atomic E-state index is 12.1. The van der Waals surface area contributed by atoms with Crippen LogP contribution in [0, 0.1) is 5.92 Å². The molecule has 0 radical (unpaired) electrons. The Morgan fingerprint density at radius 3 is 2.41 bits per heavy atom. The standard InChI is InChI=1S/C13H22N2O5S2/c1-11(2)10-20-8-4-7-15-22(18,19)13-6-3-5-12(9-13)21(14,16)17/h3,5-6,9,11,15H,4,7-8,10H2,1-2H3,(H2,14,16,17). The topological polar surface area (TPSA) is 116 Å². The summed E-state index contributed by atoms with van der Waals surface area (Å²) in [6, 6.07) is 4.92. The molecule has 0 aliphatic carbocycles. The fourth-order valence-corrected chi connectivity index (χ4v) is 3.36. The summed E-state index contributed by atoms with van der Waals surface area (Å²) in [6.07, 6.45) is 0.529. The maximum absolute atomic E-state index is 12.1. The van der Waals surface area contributed by atoms with Crippen molar-refractivity contribution in [3.05, 3.63) is 24.3 Å². The first-order chi connectivity index (χ1) is 10.1. The third-order valence-electron chi connectivity index (χ3n) is 2.65. The number of sulfonamides is 2. The maximum Gasteiger partial charge on any atom is 0.240 e. The third-order valence-corrected chi connectivity index (χ3v) is 5.02. The molecular formula is C13H22N2O5S2. The fraction of sp³-hybridized carbons (Fsp3) is 0.538. The lowest BCUT2D eigenvalue weighted by molar-refractivity contribution is 0.108. The quantitative estimate of drug-likeness (QED) is 0.635. The summed E-state index contributed by atoms with van der Waals surface area (Å²) >= 11 is 0. The van der Waals surface area contributed by atoms with Gasteiger partial charge in [0.05, 0.1) is 9.79 Å². The van der Waals surface area contributed by atoms with E-state index in [0.29, 0.717) is 25.6 Å². The van der Waals surface area contributed by atoms with Gasteiger partial charge in [0.1, 0.15) is 0 Å². The van der Waals surface area contributed by atoms with Crippen molar-refractivity contribution in [2.75, 3.05) is 19.8 Å². The van der Waals surface area contributed by atoms with E-state index in [0.717, 1.165) is 6.07 Å². The van der Waals surface area contributed by atoms with Gasteiger partial charge in [-0.15, -0.1) is 0 Å². The first kappa shape index (κ1) is 19.0. The van der Waals surface area contributed by atoms with E-state index in [4.69, 9.17) is 9.88 Å². The Labute approximate surface area is 132 Å². The molecule has 126 valence electrons. The molecule has 0 saturated carbocycles. The molecule has 0 heterocycles. The zero-order valence-electron chi connectivity index (χ0n) is 12.7. The summed E-state index contributed by atoms with van der Waals surface area (Å²) in [4.78, 5) is -0.377. The van der Waals surface area contributed by atoms with Crippen LogP contribution in [0.4, 0.5) is 0 Å². The van der Waals surface area contributed by atoms with Gasteiger partial charge in [0.15, 0.2) is 0 Å². The molecule has 22 heavy (non-hydrogen) atoms. The van der Waals surface area contributed by atoms with Gasteiger partial charge in [0.2, 0.25) is 20.0 Å². The zero-order chi connectivity index (χ0) is 16.8. The van der Waals surface area contributed by atoms with Gasteiger partial charge in [-0.25, -0.2) is 26.7 Å². The van der Waals surface area contributed by atoms with Crippen LogP contribution in [-0.2, 0) is 24.8 Å². The minimum absolute atomic E-state index is 0.137. The predicted octanol–water partition coefficient (Wildman–Crippen LogP) is 0.675. The van der Waals surface area contributed by atoms with Crippen LogP contribution >= 0.6 is 0 Å². The minimum Gasteiger partial charge on any atom is -0.381 e. The molecule has 0 aliphatic heterocycles. The Morgan fingerprint density at radius 2 is 1.82 bits per heavy atom. The predicted molar refractivity (Wildman–Crippen MR) is 83.3 cm³/mol. The molecule has 0 aromatic heterocycles. The van der Waals surface area contributed by atoms with E-state index < -0.39 is 20.0 Å². The number of benzene rings is 1. The molecule has 0 saturated heterocycles. The second-order valence-corrected chi connectivity index (χ2v) is 8.57. The Balaban J connectivity index is 2.60. The van der Waals surface area contributed by atoms with Crippen molar-refractivity contribution < 1.29 is 21.6 Å². The van der Waals surface area contributed by atoms with Crippen LogP contribution in [-0.4, -0.2) is 36.6 Å². The molecule has 1 aromatic rings. The molecule has 0 bridgehead atoms. The third kappa shape index (κ3) is 6.41. The van der Waals surface area contributed by atoms with Crippen LogP contribution < -0.4 is 9.86 Å². The van der Waals surface area contributed by atoms with Crippen molar-refractivity contribution >= 4 is 20.0 Å². The second-order valence-electron chi connectivity index (χ2n) is 5.24. The van der Waals surface area contributed by atoms with E-state index in [-0.39, 0.29) is 16.3 Å². The highest BCUT2D eigenvalue weighted by molar-refractivity contribution is 7.90. The number of hydrogen-bond acceptors (Lipinski definition) is 5. The van der Waals surface area contributed by atoms with Gasteiger partial charge in [-0.3, -0.25) is 0 Å².